The Hall–Kier alpha value is -0.330. The highest BCUT2D eigenvalue weighted by molar-refractivity contribution is 5.01. The van der Waals surface area contributed by atoms with Gasteiger partial charge in [-0.05, 0) is 30.7 Å². The van der Waals surface area contributed by atoms with E-state index in [-0.39, 0.29) is 18.8 Å². The first-order valence-corrected chi connectivity index (χ1v) is 4.25. The molecule has 0 N–H and O–H groups in total. The highest BCUT2D eigenvalue weighted by Crippen LogP contribution is 2.31. The highest BCUT2D eigenvalue weighted by atomic mass is 19.1. The van der Waals surface area contributed by atoms with Crippen molar-refractivity contribution in [2.45, 2.75) is 45.9 Å². The van der Waals surface area contributed by atoms with Crippen molar-refractivity contribution in [3.8, 4) is 0 Å². The van der Waals surface area contributed by atoms with Gasteiger partial charge in [0.1, 0.15) is 0 Å². The smallest absolute Gasteiger partial charge is 0.0965 e. The lowest BCUT2D eigenvalue weighted by Crippen LogP contribution is -2.09. The normalized spacial score (nSPS) is 43.8. The summed E-state index contributed by atoms with van der Waals surface area (Å²) in [6, 6.07) is 0.0715. The van der Waals surface area contributed by atoms with Crippen LogP contribution in [0, 0.1) is 5.41 Å². The SMILES string of the molecule is [2H]CC1(C)CCCCC/C(F)=C/1[3H]. The molecule has 0 heterocycles. The van der Waals surface area contributed by atoms with Gasteiger partial charge in [0.15, 0.2) is 0 Å². The minimum atomic E-state index is -0.537. The number of hydrogen-bond acceptors (Lipinski definition) is 0. The zero-order valence-corrected chi connectivity index (χ0v) is 7.12. The minimum absolute atomic E-state index is 0.0715. The second kappa shape index (κ2) is 3.38. The summed E-state index contributed by atoms with van der Waals surface area (Å²) >= 11 is 0. The van der Waals surface area contributed by atoms with Gasteiger partial charge < -0.3 is 0 Å². The van der Waals surface area contributed by atoms with Crippen LogP contribution in [-0.4, -0.2) is 0 Å². The fourth-order valence-corrected chi connectivity index (χ4v) is 1.42. The Kier molecular flexibility index (Phi) is 1.91. The van der Waals surface area contributed by atoms with E-state index < -0.39 is 5.41 Å². The first-order chi connectivity index (χ1) is 6.10. The molecule has 0 saturated heterocycles. The van der Waals surface area contributed by atoms with Crippen LogP contribution >= 0.6 is 0 Å². The predicted molar refractivity (Wildman–Crippen MR) is 46.1 cm³/mol. The van der Waals surface area contributed by atoms with E-state index in [1.165, 1.54) is 0 Å². The van der Waals surface area contributed by atoms with Crippen molar-refractivity contribution in [1.82, 2.24) is 0 Å². The minimum Gasteiger partial charge on any atom is -0.212 e. The first kappa shape index (κ1) is 6.22. The van der Waals surface area contributed by atoms with Crippen molar-refractivity contribution < 1.29 is 7.13 Å². The van der Waals surface area contributed by atoms with Crippen molar-refractivity contribution in [3.05, 3.63) is 11.9 Å². The summed E-state index contributed by atoms with van der Waals surface area (Å²) in [5, 5.41) is 0. The highest BCUT2D eigenvalue weighted by Gasteiger charge is 2.17. The fourth-order valence-electron chi connectivity index (χ4n) is 1.42. The largest absolute Gasteiger partial charge is 0.212 e. The van der Waals surface area contributed by atoms with E-state index in [1.807, 2.05) is 6.92 Å². The fraction of sp³-hybridized carbons (Fsp3) is 0.800. The maximum absolute atomic E-state index is 13.3. The molecule has 64 valence electrons. The molecule has 0 spiro atoms. The van der Waals surface area contributed by atoms with Gasteiger partial charge in [0.2, 0.25) is 0 Å². The lowest BCUT2D eigenvalue weighted by molar-refractivity contribution is 0.378. The summed E-state index contributed by atoms with van der Waals surface area (Å²) in [5.74, 6) is -0.297. The summed E-state index contributed by atoms with van der Waals surface area (Å²) in [5.41, 5.74) is -0.537. The van der Waals surface area contributed by atoms with E-state index in [1.54, 1.807) is 0 Å². The van der Waals surface area contributed by atoms with Gasteiger partial charge >= 0.3 is 0 Å². The van der Waals surface area contributed by atoms with Crippen LogP contribution < -0.4 is 0 Å². The third-order valence-corrected chi connectivity index (χ3v) is 2.06. The third kappa shape index (κ3) is 3.04. The molecule has 1 aliphatic rings. The summed E-state index contributed by atoms with van der Waals surface area (Å²) in [6.45, 7) is 1.95. The van der Waals surface area contributed by atoms with Crippen molar-refractivity contribution >= 4 is 0 Å². The molecule has 0 fully saturated rings. The first-order valence-electron chi connectivity index (χ1n) is 5.46. The van der Waals surface area contributed by atoms with E-state index in [2.05, 4.69) is 0 Å². The lowest BCUT2D eigenvalue weighted by Gasteiger charge is -2.22. The van der Waals surface area contributed by atoms with Gasteiger partial charge in [-0.15, -0.1) is 0 Å². The maximum Gasteiger partial charge on any atom is 0.0965 e. The van der Waals surface area contributed by atoms with Crippen LogP contribution in [0.2, 0.25) is 0 Å². The molecule has 1 heteroatoms. The van der Waals surface area contributed by atoms with Crippen LogP contribution in [0.4, 0.5) is 4.39 Å². The van der Waals surface area contributed by atoms with Crippen LogP contribution in [0.3, 0.4) is 0 Å². The molecule has 1 rings (SSSR count). The Morgan fingerprint density at radius 1 is 1.73 bits per heavy atom. The topological polar surface area (TPSA) is 0 Å². The second-order valence-corrected chi connectivity index (χ2v) is 3.65. The van der Waals surface area contributed by atoms with Crippen LogP contribution in [0.5, 0.6) is 0 Å². The maximum atomic E-state index is 13.3. The van der Waals surface area contributed by atoms with E-state index in [0.29, 0.717) is 6.42 Å². The van der Waals surface area contributed by atoms with Crippen LogP contribution in [0.1, 0.15) is 48.7 Å². The van der Waals surface area contributed by atoms with Gasteiger partial charge in [0.25, 0.3) is 0 Å². The molecule has 0 nitrogen and oxygen atoms in total. The third-order valence-electron chi connectivity index (χ3n) is 2.06. The van der Waals surface area contributed by atoms with Crippen molar-refractivity contribution in [3.63, 3.8) is 0 Å². The Morgan fingerprint density at radius 3 is 3.27 bits per heavy atom. The summed E-state index contributed by atoms with van der Waals surface area (Å²) in [7, 11) is 0. The number of allylic oxidation sites excluding steroid dienone is 2. The van der Waals surface area contributed by atoms with Crippen LogP contribution in [0.25, 0.3) is 0 Å². The van der Waals surface area contributed by atoms with Crippen LogP contribution in [0.15, 0.2) is 11.9 Å². The molecule has 0 saturated carbocycles. The Balaban J connectivity index is 2.90. The zero-order chi connectivity index (χ0) is 9.90. The summed E-state index contributed by atoms with van der Waals surface area (Å²) in [4.78, 5) is 0. The molecular weight excluding hydrogens is 139 g/mol. The van der Waals surface area contributed by atoms with Crippen molar-refractivity contribution in [2.24, 2.45) is 5.41 Å². The van der Waals surface area contributed by atoms with Gasteiger partial charge in [-0.2, -0.15) is 0 Å². The number of rotatable bonds is 0. The van der Waals surface area contributed by atoms with E-state index in [0.717, 1.165) is 25.7 Å². The summed E-state index contributed by atoms with van der Waals surface area (Å²) in [6.07, 6.45) is 4.07. The molecule has 0 aromatic rings. The second-order valence-electron chi connectivity index (χ2n) is 3.65. The average Bonchev–Trinajstić information content (AvgIpc) is 2.14. The molecule has 0 bridgehead atoms. The van der Waals surface area contributed by atoms with Gasteiger partial charge in [-0.1, -0.05) is 26.7 Å². The quantitative estimate of drug-likeness (QED) is 0.504. The molecule has 0 amide bonds. The standard InChI is InChI=1S/C10H17F/c1-10(2)7-5-3-4-6-9(11)8-10/h8H,3-7H2,1-2H3/b9-8-/i1D,8T. The van der Waals surface area contributed by atoms with Gasteiger partial charge in [-0.25, -0.2) is 4.39 Å². The van der Waals surface area contributed by atoms with Crippen molar-refractivity contribution in [2.75, 3.05) is 0 Å². The van der Waals surface area contributed by atoms with E-state index >= 15 is 0 Å². The lowest BCUT2D eigenvalue weighted by atomic mass is 9.84. The van der Waals surface area contributed by atoms with Gasteiger partial charge in [-0.3, -0.25) is 0 Å². The molecule has 0 aromatic carbocycles. The predicted octanol–water partition coefficient (Wildman–Crippen LogP) is 3.83. The molecule has 1 atom stereocenters. The van der Waals surface area contributed by atoms with Gasteiger partial charge in [0.05, 0.1) is 7.20 Å². The number of hydrogen-bond donors (Lipinski definition) is 0. The Labute approximate surface area is 71.3 Å². The zero-order valence-electron chi connectivity index (χ0n) is 9.12. The molecule has 11 heavy (non-hydrogen) atoms. The average molecular weight is 159 g/mol. The molecule has 1 unspecified atom stereocenters. The Bertz CT molecular complexity index is 213. The van der Waals surface area contributed by atoms with E-state index in [4.69, 9.17) is 2.74 Å². The molecule has 0 aromatic heterocycles. The molecule has 1 aliphatic carbocycles. The van der Waals surface area contributed by atoms with Crippen molar-refractivity contribution in [1.29, 1.82) is 0 Å². The van der Waals surface area contributed by atoms with E-state index in [9.17, 15) is 4.39 Å². The van der Waals surface area contributed by atoms with Gasteiger partial charge in [0, 0.05) is 1.37 Å². The monoisotopic (exact) mass is 159 g/mol. The van der Waals surface area contributed by atoms with Crippen LogP contribution in [-0.2, 0) is 0 Å². The molecule has 0 aliphatic heterocycles. The number of halogens is 1. The summed E-state index contributed by atoms with van der Waals surface area (Å²) < 4.78 is 28.3. The Morgan fingerprint density at radius 2 is 2.55 bits per heavy atom. The molecular formula is C10H17F. The molecule has 0 radical (unpaired) electrons.